The first kappa shape index (κ1) is 16.9. The van der Waals surface area contributed by atoms with Crippen molar-refractivity contribution in [3.63, 3.8) is 0 Å². The Morgan fingerprint density at radius 1 is 1.12 bits per heavy atom. The Balaban J connectivity index is 1.47. The van der Waals surface area contributed by atoms with Gasteiger partial charge in [0, 0.05) is 45.0 Å². The molecule has 6 heteroatoms. The number of hydrogen-bond donors (Lipinski definition) is 2. The normalized spacial score (nSPS) is 19.0. The number of para-hydroxylation sites is 1. The summed E-state index contributed by atoms with van der Waals surface area (Å²) in [6, 6.07) is 6.00. The molecular weight excluding hydrogens is 304 g/mol. The summed E-state index contributed by atoms with van der Waals surface area (Å²) in [7, 11) is 0. The lowest BCUT2D eigenvalue weighted by Crippen LogP contribution is -2.57. The van der Waals surface area contributed by atoms with E-state index in [9.17, 15) is 9.59 Å². The van der Waals surface area contributed by atoms with Crippen molar-refractivity contribution < 1.29 is 9.59 Å². The predicted octanol–water partition coefficient (Wildman–Crippen LogP) is 0.606. The smallest absolute Gasteiger partial charge is 0.238 e. The third-order valence-electron chi connectivity index (χ3n) is 4.93. The third kappa shape index (κ3) is 3.76. The van der Waals surface area contributed by atoms with E-state index in [0.717, 1.165) is 43.0 Å². The van der Waals surface area contributed by atoms with Crippen LogP contribution in [0.5, 0.6) is 0 Å². The number of amides is 2. The number of carbonyl (C=O) groups is 2. The molecule has 0 atom stereocenters. The van der Waals surface area contributed by atoms with Crippen molar-refractivity contribution in [2.75, 3.05) is 51.1 Å². The highest BCUT2D eigenvalue weighted by molar-refractivity contribution is 5.93. The third-order valence-corrected chi connectivity index (χ3v) is 4.93. The second-order valence-electron chi connectivity index (χ2n) is 6.77. The summed E-state index contributed by atoms with van der Waals surface area (Å²) in [5, 5.41) is 6.16. The minimum atomic E-state index is 0.00960. The summed E-state index contributed by atoms with van der Waals surface area (Å²) in [5.41, 5.74) is 3.06. The zero-order valence-electron chi connectivity index (χ0n) is 14.5. The van der Waals surface area contributed by atoms with Gasteiger partial charge in [0.15, 0.2) is 0 Å². The van der Waals surface area contributed by atoms with Crippen molar-refractivity contribution in [2.24, 2.45) is 5.92 Å². The maximum absolute atomic E-state index is 12.3. The average molecular weight is 330 g/mol. The Labute approximate surface area is 143 Å². The lowest BCUT2D eigenvalue weighted by molar-refractivity contribution is -0.138. The van der Waals surface area contributed by atoms with Crippen LogP contribution in [0, 0.1) is 19.8 Å². The molecule has 1 aromatic carbocycles. The molecule has 0 saturated carbocycles. The van der Waals surface area contributed by atoms with E-state index in [4.69, 9.17) is 0 Å². The van der Waals surface area contributed by atoms with Gasteiger partial charge in [-0.2, -0.15) is 0 Å². The molecule has 1 aromatic rings. The van der Waals surface area contributed by atoms with Crippen LogP contribution in [0.4, 0.5) is 5.69 Å². The highest BCUT2D eigenvalue weighted by Gasteiger charge is 2.31. The summed E-state index contributed by atoms with van der Waals surface area (Å²) in [6.07, 6.45) is 0. The number of benzene rings is 1. The Morgan fingerprint density at radius 3 is 2.29 bits per heavy atom. The zero-order valence-corrected chi connectivity index (χ0v) is 14.5. The molecule has 2 fully saturated rings. The molecule has 0 unspecified atom stereocenters. The molecule has 2 aliphatic rings. The first-order chi connectivity index (χ1) is 11.5. The van der Waals surface area contributed by atoms with Crippen molar-refractivity contribution in [1.82, 2.24) is 15.1 Å². The predicted molar refractivity (Wildman–Crippen MR) is 93.9 cm³/mol. The second kappa shape index (κ2) is 7.32. The average Bonchev–Trinajstić information content (AvgIpc) is 2.50. The van der Waals surface area contributed by atoms with Gasteiger partial charge in [0.25, 0.3) is 0 Å². The van der Waals surface area contributed by atoms with E-state index < -0.39 is 0 Å². The van der Waals surface area contributed by atoms with Crippen molar-refractivity contribution in [1.29, 1.82) is 0 Å². The van der Waals surface area contributed by atoms with Gasteiger partial charge in [-0.3, -0.25) is 14.5 Å². The number of rotatable bonds is 4. The van der Waals surface area contributed by atoms with Crippen LogP contribution in [0.2, 0.25) is 0 Å². The first-order valence-electron chi connectivity index (χ1n) is 8.62. The van der Waals surface area contributed by atoms with E-state index in [-0.39, 0.29) is 17.7 Å². The molecule has 2 saturated heterocycles. The standard InChI is InChI=1S/C18H26N4O2/c1-13-4-3-5-14(2)17(13)20-16(23)12-21-6-8-22(9-7-21)18(24)15-10-19-11-15/h3-5,15,19H,6-12H2,1-2H3,(H,20,23). The van der Waals surface area contributed by atoms with E-state index in [1.807, 2.05) is 36.9 Å². The van der Waals surface area contributed by atoms with E-state index in [1.165, 1.54) is 0 Å². The Morgan fingerprint density at radius 2 is 1.75 bits per heavy atom. The Kier molecular flexibility index (Phi) is 5.16. The fourth-order valence-corrected chi connectivity index (χ4v) is 3.24. The number of anilines is 1. The molecular formula is C18H26N4O2. The fourth-order valence-electron chi connectivity index (χ4n) is 3.24. The van der Waals surface area contributed by atoms with Crippen LogP contribution in [-0.4, -0.2) is 67.4 Å². The Hall–Kier alpha value is -1.92. The molecule has 0 bridgehead atoms. The van der Waals surface area contributed by atoms with Crippen molar-refractivity contribution >= 4 is 17.5 Å². The molecule has 2 aliphatic heterocycles. The van der Waals surface area contributed by atoms with Gasteiger partial charge >= 0.3 is 0 Å². The van der Waals surface area contributed by atoms with Crippen LogP contribution in [0.3, 0.4) is 0 Å². The van der Waals surface area contributed by atoms with Gasteiger partial charge < -0.3 is 15.5 Å². The summed E-state index contributed by atoms with van der Waals surface area (Å²) in [5.74, 6) is 0.424. The van der Waals surface area contributed by atoms with Crippen LogP contribution in [0.15, 0.2) is 18.2 Å². The summed E-state index contributed by atoms with van der Waals surface area (Å²) in [6.45, 7) is 8.93. The van der Waals surface area contributed by atoms with E-state index in [2.05, 4.69) is 15.5 Å². The number of nitrogens with one attached hydrogen (secondary N) is 2. The lowest BCUT2D eigenvalue weighted by atomic mass is 10.0. The molecule has 3 rings (SSSR count). The van der Waals surface area contributed by atoms with Gasteiger partial charge in [-0.15, -0.1) is 0 Å². The van der Waals surface area contributed by atoms with Gasteiger partial charge in [0.2, 0.25) is 11.8 Å². The van der Waals surface area contributed by atoms with Crippen LogP contribution in [-0.2, 0) is 9.59 Å². The Bertz CT molecular complexity index is 599. The van der Waals surface area contributed by atoms with E-state index >= 15 is 0 Å². The van der Waals surface area contributed by atoms with Gasteiger partial charge in [-0.25, -0.2) is 0 Å². The first-order valence-corrected chi connectivity index (χ1v) is 8.62. The van der Waals surface area contributed by atoms with E-state index in [0.29, 0.717) is 19.6 Å². The topological polar surface area (TPSA) is 64.7 Å². The molecule has 2 heterocycles. The summed E-state index contributed by atoms with van der Waals surface area (Å²) < 4.78 is 0. The molecule has 130 valence electrons. The largest absolute Gasteiger partial charge is 0.340 e. The quantitative estimate of drug-likeness (QED) is 0.849. The molecule has 0 aliphatic carbocycles. The number of aryl methyl sites for hydroxylation is 2. The molecule has 2 amide bonds. The lowest BCUT2D eigenvalue weighted by Gasteiger charge is -2.38. The molecule has 0 aromatic heterocycles. The monoisotopic (exact) mass is 330 g/mol. The number of carbonyl (C=O) groups excluding carboxylic acids is 2. The highest BCUT2D eigenvalue weighted by atomic mass is 16.2. The van der Waals surface area contributed by atoms with Crippen LogP contribution >= 0.6 is 0 Å². The summed E-state index contributed by atoms with van der Waals surface area (Å²) >= 11 is 0. The molecule has 0 spiro atoms. The summed E-state index contributed by atoms with van der Waals surface area (Å²) in [4.78, 5) is 28.6. The number of piperazine rings is 1. The SMILES string of the molecule is Cc1cccc(C)c1NC(=O)CN1CCN(C(=O)C2CNC2)CC1. The zero-order chi connectivity index (χ0) is 17.1. The van der Waals surface area contributed by atoms with Crippen LogP contribution < -0.4 is 10.6 Å². The van der Waals surface area contributed by atoms with Crippen LogP contribution in [0.1, 0.15) is 11.1 Å². The van der Waals surface area contributed by atoms with E-state index in [1.54, 1.807) is 0 Å². The van der Waals surface area contributed by atoms with Gasteiger partial charge in [0.05, 0.1) is 12.5 Å². The maximum atomic E-state index is 12.3. The molecule has 0 radical (unpaired) electrons. The fraction of sp³-hybridized carbons (Fsp3) is 0.556. The number of nitrogens with zero attached hydrogens (tertiary/aromatic N) is 2. The minimum Gasteiger partial charge on any atom is -0.340 e. The van der Waals surface area contributed by atoms with Gasteiger partial charge in [0.1, 0.15) is 0 Å². The molecule has 2 N–H and O–H groups in total. The van der Waals surface area contributed by atoms with Crippen LogP contribution in [0.25, 0.3) is 0 Å². The van der Waals surface area contributed by atoms with Crippen molar-refractivity contribution in [3.8, 4) is 0 Å². The van der Waals surface area contributed by atoms with Gasteiger partial charge in [-0.1, -0.05) is 18.2 Å². The van der Waals surface area contributed by atoms with Crippen molar-refractivity contribution in [3.05, 3.63) is 29.3 Å². The number of hydrogen-bond acceptors (Lipinski definition) is 4. The molecule has 24 heavy (non-hydrogen) atoms. The highest BCUT2D eigenvalue weighted by Crippen LogP contribution is 2.19. The van der Waals surface area contributed by atoms with Crippen molar-refractivity contribution in [2.45, 2.75) is 13.8 Å². The minimum absolute atomic E-state index is 0.00960. The maximum Gasteiger partial charge on any atom is 0.238 e. The van der Waals surface area contributed by atoms with Gasteiger partial charge in [-0.05, 0) is 25.0 Å². The second-order valence-corrected chi connectivity index (χ2v) is 6.77. The molecule has 6 nitrogen and oxygen atoms in total.